The predicted octanol–water partition coefficient (Wildman–Crippen LogP) is 3.20. The van der Waals surface area contributed by atoms with Crippen LogP contribution in [0, 0.1) is 20.8 Å². The van der Waals surface area contributed by atoms with E-state index in [4.69, 9.17) is 9.52 Å². The lowest BCUT2D eigenvalue weighted by atomic mass is 10.0. The van der Waals surface area contributed by atoms with E-state index in [1.165, 1.54) is 0 Å². The number of amides is 1. The van der Waals surface area contributed by atoms with E-state index in [2.05, 4.69) is 5.32 Å². The van der Waals surface area contributed by atoms with Crippen molar-refractivity contribution in [3.05, 3.63) is 34.6 Å². The summed E-state index contributed by atoms with van der Waals surface area (Å²) in [6, 6.07) is 4.00. The molecular weight excluding hydrogens is 298 g/mol. The molecule has 1 unspecified atom stereocenters. The van der Waals surface area contributed by atoms with E-state index in [0.29, 0.717) is 12.2 Å². The highest BCUT2D eigenvalue weighted by Gasteiger charge is 2.22. The molecule has 1 aromatic heterocycles. The van der Waals surface area contributed by atoms with E-state index in [1.54, 1.807) is 11.8 Å². The number of benzene rings is 1. The van der Waals surface area contributed by atoms with Crippen molar-refractivity contribution < 1.29 is 14.3 Å². The maximum Gasteiger partial charge on any atom is 0.287 e. The molecule has 120 valence electrons. The number of carbonyl (C=O) groups is 1. The van der Waals surface area contributed by atoms with Gasteiger partial charge in [0.2, 0.25) is 0 Å². The second kappa shape index (κ2) is 7.20. The van der Waals surface area contributed by atoms with Crippen LogP contribution in [0.15, 0.2) is 16.5 Å². The van der Waals surface area contributed by atoms with Gasteiger partial charge in [-0.15, -0.1) is 0 Å². The number of nitrogens with one attached hydrogen (secondary N) is 1. The molecule has 0 spiro atoms. The topological polar surface area (TPSA) is 62.5 Å². The zero-order valence-corrected chi connectivity index (χ0v) is 14.3. The Hall–Kier alpha value is -1.46. The van der Waals surface area contributed by atoms with E-state index in [1.807, 2.05) is 39.2 Å². The second-order valence-electron chi connectivity index (χ2n) is 5.60. The standard InChI is InChI=1S/C17H23NO3S/c1-10-5-6-11(2)15-14(10)12(3)16(21-15)17(20)18-13(7-8-19)9-22-4/h5-6,13,19H,7-9H2,1-4H3,(H,18,20). The molecule has 1 aromatic carbocycles. The fourth-order valence-electron chi connectivity index (χ4n) is 2.70. The Balaban J connectivity index is 2.34. The lowest BCUT2D eigenvalue weighted by Crippen LogP contribution is -2.37. The van der Waals surface area contributed by atoms with Crippen molar-refractivity contribution in [1.29, 1.82) is 0 Å². The molecule has 2 aromatic rings. The predicted molar refractivity (Wildman–Crippen MR) is 91.8 cm³/mol. The molecule has 1 heterocycles. The molecule has 0 fully saturated rings. The molecule has 5 heteroatoms. The Morgan fingerprint density at radius 3 is 2.59 bits per heavy atom. The fraction of sp³-hybridized carbons (Fsp3) is 0.471. The van der Waals surface area contributed by atoms with Crippen LogP contribution in [0.3, 0.4) is 0 Å². The fourth-order valence-corrected chi connectivity index (χ4v) is 3.35. The van der Waals surface area contributed by atoms with Gasteiger partial charge in [-0.05, 0) is 44.6 Å². The van der Waals surface area contributed by atoms with Crippen molar-refractivity contribution in [3.8, 4) is 0 Å². The van der Waals surface area contributed by atoms with Crippen LogP contribution >= 0.6 is 11.8 Å². The van der Waals surface area contributed by atoms with Gasteiger partial charge >= 0.3 is 0 Å². The Bertz CT molecular complexity index is 672. The van der Waals surface area contributed by atoms with Gasteiger partial charge in [0, 0.05) is 29.4 Å². The number of thioether (sulfide) groups is 1. The Kier molecular flexibility index (Phi) is 5.53. The van der Waals surface area contributed by atoms with Crippen molar-refractivity contribution in [3.63, 3.8) is 0 Å². The first-order valence-corrected chi connectivity index (χ1v) is 8.79. The number of aliphatic hydroxyl groups is 1. The average Bonchev–Trinajstić information content (AvgIpc) is 2.83. The van der Waals surface area contributed by atoms with Crippen molar-refractivity contribution in [2.45, 2.75) is 33.2 Å². The SMILES string of the molecule is CSCC(CCO)NC(=O)c1oc2c(C)ccc(C)c2c1C. The maximum absolute atomic E-state index is 12.5. The van der Waals surface area contributed by atoms with Gasteiger partial charge in [0.1, 0.15) is 5.58 Å². The van der Waals surface area contributed by atoms with Crippen molar-refractivity contribution in [1.82, 2.24) is 5.32 Å². The number of carbonyl (C=O) groups excluding carboxylic acids is 1. The lowest BCUT2D eigenvalue weighted by Gasteiger charge is -2.15. The van der Waals surface area contributed by atoms with Crippen LogP contribution in [0.1, 0.15) is 33.7 Å². The summed E-state index contributed by atoms with van der Waals surface area (Å²) in [5, 5.41) is 13.1. The molecule has 0 bridgehead atoms. The number of hydrogen-bond acceptors (Lipinski definition) is 4. The second-order valence-corrected chi connectivity index (χ2v) is 6.51. The summed E-state index contributed by atoms with van der Waals surface area (Å²) >= 11 is 1.64. The highest BCUT2D eigenvalue weighted by Crippen LogP contribution is 2.30. The van der Waals surface area contributed by atoms with Crippen molar-refractivity contribution in [2.75, 3.05) is 18.6 Å². The zero-order chi connectivity index (χ0) is 16.3. The third-order valence-corrected chi connectivity index (χ3v) is 4.61. The first-order chi connectivity index (χ1) is 10.5. The minimum Gasteiger partial charge on any atom is -0.450 e. The lowest BCUT2D eigenvalue weighted by molar-refractivity contribution is 0.0908. The summed E-state index contributed by atoms with van der Waals surface area (Å²) in [5.74, 6) is 0.931. The van der Waals surface area contributed by atoms with Crippen LogP contribution in [0.4, 0.5) is 0 Å². The monoisotopic (exact) mass is 321 g/mol. The van der Waals surface area contributed by atoms with Crippen LogP contribution in [0.2, 0.25) is 0 Å². The van der Waals surface area contributed by atoms with Crippen LogP contribution < -0.4 is 5.32 Å². The third kappa shape index (κ3) is 3.31. The quantitative estimate of drug-likeness (QED) is 0.857. The van der Waals surface area contributed by atoms with Crippen LogP contribution in [-0.2, 0) is 0 Å². The summed E-state index contributed by atoms with van der Waals surface area (Å²) in [4.78, 5) is 12.5. The summed E-state index contributed by atoms with van der Waals surface area (Å²) < 4.78 is 5.85. The van der Waals surface area contributed by atoms with E-state index in [-0.39, 0.29) is 18.6 Å². The van der Waals surface area contributed by atoms with Gasteiger partial charge in [0.15, 0.2) is 5.76 Å². The Morgan fingerprint density at radius 1 is 1.32 bits per heavy atom. The number of hydrogen-bond donors (Lipinski definition) is 2. The van der Waals surface area contributed by atoms with Gasteiger partial charge in [-0.2, -0.15) is 11.8 Å². The van der Waals surface area contributed by atoms with E-state index in [9.17, 15) is 4.79 Å². The first kappa shape index (κ1) is 16.9. The third-order valence-electron chi connectivity index (χ3n) is 3.87. The van der Waals surface area contributed by atoms with Gasteiger partial charge < -0.3 is 14.8 Å². The molecule has 0 aliphatic heterocycles. The molecule has 2 rings (SSSR count). The van der Waals surface area contributed by atoms with Gasteiger partial charge in [0.25, 0.3) is 5.91 Å². The van der Waals surface area contributed by atoms with Crippen LogP contribution in [0.25, 0.3) is 11.0 Å². The summed E-state index contributed by atoms with van der Waals surface area (Å²) in [6.07, 6.45) is 2.53. The molecule has 4 nitrogen and oxygen atoms in total. The number of aryl methyl sites for hydroxylation is 3. The highest BCUT2D eigenvalue weighted by molar-refractivity contribution is 7.98. The van der Waals surface area contributed by atoms with Crippen molar-refractivity contribution >= 4 is 28.6 Å². The Labute approximate surface area is 135 Å². The van der Waals surface area contributed by atoms with E-state index < -0.39 is 0 Å². The Morgan fingerprint density at radius 2 is 2.00 bits per heavy atom. The largest absolute Gasteiger partial charge is 0.450 e. The smallest absolute Gasteiger partial charge is 0.287 e. The molecule has 0 saturated heterocycles. The highest BCUT2D eigenvalue weighted by atomic mass is 32.2. The summed E-state index contributed by atoms with van der Waals surface area (Å²) in [5.41, 5.74) is 3.79. The molecule has 1 atom stereocenters. The molecule has 22 heavy (non-hydrogen) atoms. The van der Waals surface area contributed by atoms with Crippen LogP contribution in [-0.4, -0.2) is 35.7 Å². The minimum absolute atomic E-state index is 0.0534. The number of fused-ring (bicyclic) bond motifs is 1. The molecule has 0 radical (unpaired) electrons. The molecule has 0 aliphatic rings. The average molecular weight is 321 g/mol. The molecule has 0 aliphatic carbocycles. The van der Waals surface area contributed by atoms with Gasteiger partial charge in [0.05, 0.1) is 0 Å². The summed E-state index contributed by atoms with van der Waals surface area (Å²) in [7, 11) is 0. The van der Waals surface area contributed by atoms with E-state index in [0.717, 1.165) is 33.4 Å². The van der Waals surface area contributed by atoms with Gasteiger partial charge in [-0.25, -0.2) is 0 Å². The maximum atomic E-state index is 12.5. The van der Waals surface area contributed by atoms with Gasteiger partial charge in [-0.1, -0.05) is 12.1 Å². The van der Waals surface area contributed by atoms with E-state index >= 15 is 0 Å². The minimum atomic E-state index is -0.208. The zero-order valence-electron chi connectivity index (χ0n) is 13.5. The van der Waals surface area contributed by atoms with Crippen molar-refractivity contribution in [2.24, 2.45) is 0 Å². The number of rotatable bonds is 6. The first-order valence-electron chi connectivity index (χ1n) is 7.39. The molecular formula is C17H23NO3S. The number of furan rings is 1. The number of aliphatic hydroxyl groups excluding tert-OH is 1. The summed E-state index contributed by atoms with van der Waals surface area (Å²) in [6.45, 7) is 5.98. The molecule has 1 amide bonds. The van der Waals surface area contributed by atoms with Crippen LogP contribution in [0.5, 0.6) is 0 Å². The normalized spacial score (nSPS) is 12.6. The molecule has 0 saturated carbocycles. The van der Waals surface area contributed by atoms with Gasteiger partial charge in [-0.3, -0.25) is 4.79 Å². The molecule has 2 N–H and O–H groups in total.